The molecule has 3 N–H and O–H groups in total. The molecule has 1 aliphatic heterocycles. The molecule has 3 rings (SSSR count). The van der Waals surface area contributed by atoms with Crippen molar-refractivity contribution < 1.29 is 32.3 Å². The summed E-state index contributed by atoms with van der Waals surface area (Å²) in [5.41, 5.74) is 0.797. The molecule has 2 atom stereocenters. The number of ether oxygens (including phenoxy) is 1. The van der Waals surface area contributed by atoms with Gasteiger partial charge in [0.1, 0.15) is 0 Å². The van der Waals surface area contributed by atoms with Gasteiger partial charge in [-0.2, -0.15) is 0 Å². The lowest BCUT2D eigenvalue weighted by molar-refractivity contribution is -0.149. The third-order valence-corrected chi connectivity index (χ3v) is 6.42. The van der Waals surface area contributed by atoms with Crippen molar-refractivity contribution in [2.45, 2.75) is 30.6 Å². The van der Waals surface area contributed by atoms with Gasteiger partial charge in [0.05, 0.1) is 23.2 Å². The third kappa shape index (κ3) is 5.80. The van der Waals surface area contributed by atoms with Crippen LogP contribution in [0.1, 0.15) is 24.8 Å². The maximum absolute atomic E-state index is 12.4. The standard InChI is InChI=1S/C21H25N3O7S/c22-32(29,30)15-7-5-14(6-8-15)9-11-23-18(25)13-31-19(26)10-12-24-20(27)16-3-1-2-4-17(16)21(24)28/h1-2,5-8,16-17H,3-4,9-13H2,(H,23,25)(H2,22,29,30)/t16-,17-/m1/s1. The molecule has 10 nitrogen and oxygen atoms in total. The van der Waals surface area contributed by atoms with Gasteiger partial charge in [-0.3, -0.25) is 24.1 Å². The van der Waals surface area contributed by atoms with E-state index in [2.05, 4.69) is 5.32 Å². The molecule has 0 radical (unpaired) electrons. The van der Waals surface area contributed by atoms with Crippen LogP contribution in [-0.4, -0.2) is 56.7 Å². The fourth-order valence-electron chi connectivity index (χ4n) is 3.75. The second-order valence-corrected chi connectivity index (χ2v) is 9.24. The summed E-state index contributed by atoms with van der Waals surface area (Å²) in [6, 6.07) is 5.96. The number of benzene rings is 1. The lowest BCUT2D eigenvalue weighted by Crippen LogP contribution is -2.34. The first-order valence-electron chi connectivity index (χ1n) is 10.2. The van der Waals surface area contributed by atoms with Crippen LogP contribution in [0.4, 0.5) is 0 Å². The first kappa shape index (κ1) is 23.6. The Kier molecular flexibility index (Phi) is 7.41. The lowest BCUT2D eigenvalue weighted by atomic mass is 9.85. The number of carbonyl (C=O) groups is 4. The number of esters is 1. The predicted octanol–water partition coefficient (Wildman–Crippen LogP) is -0.123. The van der Waals surface area contributed by atoms with Crippen LogP contribution >= 0.6 is 0 Å². The van der Waals surface area contributed by atoms with Crippen LogP contribution in [0.25, 0.3) is 0 Å². The zero-order chi connectivity index (χ0) is 23.3. The van der Waals surface area contributed by atoms with Crippen molar-refractivity contribution in [1.29, 1.82) is 0 Å². The average Bonchev–Trinajstić information content (AvgIpc) is 3.00. The van der Waals surface area contributed by atoms with Crippen molar-refractivity contribution in [2.24, 2.45) is 17.0 Å². The van der Waals surface area contributed by atoms with Gasteiger partial charge in [0.25, 0.3) is 5.91 Å². The summed E-state index contributed by atoms with van der Waals surface area (Å²) in [6.45, 7) is -0.265. The summed E-state index contributed by atoms with van der Waals surface area (Å²) in [5, 5.41) is 7.63. The topological polar surface area (TPSA) is 153 Å². The molecule has 0 unspecified atom stereocenters. The van der Waals surface area contributed by atoms with E-state index in [1.54, 1.807) is 12.1 Å². The van der Waals surface area contributed by atoms with E-state index in [-0.39, 0.29) is 48.1 Å². The number of primary sulfonamides is 1. The highest BCUT2D eigenvalue weighted by Crippen LogP contribution is 2.34. The molecule has 1 aliphatic carbocycles. The number of sulfonamides is 1. The second-order valence-electron chi connectivity index (χ2n) is 7.68. The van der Waals surface area contributed by atoms with E-state index in [9.17, 15) is 27.6 Å². The minimum Gasteiger partial charge on any atom is -0.456 e. The number of nitrogens with zero attached hydrogens (tertiary/aromatic N) is 1. The molecular formula is C21H25N3O7S. The molecule has 1 aromatic rings. The van der Waals surface area contributed by atoms with Crippen molar-refractivity contribution in [2.75, 3.05) is 19.7 Å². The SMILES string of the molecule is NS(=O)(=O)c1ccc(CCNC(=O)COC(=O)CCN2C(=O)[C@@H]3CC=CC[C@H]3C2=O)cc1. The minimum atomic E-state index is -3.75. The highest BCUT2D eigenvalue weighted by Gasteiger charge is 2.46. The van der Waals surface area contributed by atoms with Crippen LogP contribution in [0.3, 0.4) is 0 Å². The number of hydrogen-bond donors (Lipinski definition) is 2. The number of nitrogens with one attached hydrogen (secondary N) is 1. The number of fused-ring (bicyclic) bond motifs is 1. The molecule has 1 heterocycles. The van der Waals surface area contributed by atoms with E-state index in [1.165, 1.54) is 12.1 Å². The molecule has 1 aromatic carbocycles. The molecule has 1 fully saturated rings. The molecule has 2 aliphatic rings. The Morgan fingerprint density at radius 1 is 1.06 bits per heavy atom. The van der Waals surface area contributed by atoms with Crippen LogP contribution in [0.2, 0.25) is 0 Å². The zero-order valence-electron chi connectivity index (χ0n) is 17.4. The summed E-state index contributed by atoms with van der Waals surface area (Å²) >= 11 is 0. The van der Waals surface area contributed by atoms with Gasteiger partial charge in [-0.15, -0.1) is 0 Å². The minimum absolute atomic E-state index is 0.00459. The molecule has 0 aromatic heterocycles. The molecule has 0 saturated carbocycles. The molecule has 1 saturated heterocycles. The molecule has 32 heavy (non-hydrogen) atoms. The van der Waals surface area contributed by atoms with Gasteiger partial charge >= 0.3 is 5.97 Å². The average molecular weight is 464 g/mol. The zero-order valence-corrected chi connectivity index (χ0v) is 18.2. The summed E-state index contributed by atoms with van der Waals surface area (Å²) in [4.78, 5) is 49.6. The second kappa shape index (κ2) is 10.0. The van der Waals surface area contributed by atoms with Crippen LogP contribution in [0, 0.1) is 11.8 Å². The van der Waals surface area contributed by atoms with Crippen LogP contribution < -0.4 is 10.5 Å². The van der Waals surface area contributed by atoms with E-state index in [4.69, 9.17) is 9.88 Å². The highest BCUT2D eigenvalue weighted by molar-refractivity contribution is 7.89. The molecule has 0 spiro atoms. The smallest absolute Gasteiger partial charge is 0.308 e. The number of likely N-dealkylation sites (tertiary alicyclic amines) is 1. The fourth-order valence-corrected chi connectivity index (χ4v) is 4.27. The highest BCUT2D eigenvalue weighted by atomic mass is 32.2. The van der Waals surface area contributed by atoms with E-state index < -0.39 is 28.5 Å². The quantitative estimate of drug-likeness (QED) is 0.294. The van der Waals surface area contributed by atoms with Crippen molar-refractivity contribution in [3.63, 3.8) is 0 Å². The normalized spacial score (nSPS) is 20.2. The number of hydrogen-bond acceptors (Lipinski definition) is 7. The first-order valence-corrected chi connectivity index (χ1v) is 11.8. The number of rotatable bonds is 9. The number of nitrogens with two attached hydrogens (primary N) is 1. The van der Waals surface area contributed by atoms with Crippen LogP contribution in [0.15, 0.2) is 41.3 Å². The van der Waals surface area contributed by atoms with E-state index in [0.717, 1.165) is 10.5 Å². The number of imide groups is 1. The molecule has 0 bridgehead atoms. The molecule has 11 heteroatoms. The van der Waals surface area contributed by atoms with Gasteiger partial charge < -0.3 is 10.1 Å². The Morgan fingerprint density at radius 3 is 2.22 bits per heavy atom. The predicted molar refractivity (Wildman–Crippen MR) is 112 cm³/mol. The molecule has 3 amide bonds. The summed E-state index contributed by atoms with van der Waals surface area (Å²) in [6.07, 6.45) is 5.12. The Labute approximate surface area is 185 Å². The van der Waals surface area contributed by atoms with Crippen molar-refractivity contribution in [1.82, 2.24) is 10.2 Å². The van der Waals surface area contributed by atoms with E-state index in [0.29, 0.717) is 19.3 Å². The number of allylic oxidation sites excluding steroid dienone is 2. The Hall–Kier alpha value is -3.05. The maximum atomic E-state index is 12.4. The van der Waals surface area contributed by atoms with Gasteiger partial charge in [0.15, 0.2) is 6.61 Å². The van der Waals surface area contributed by atoms with Crippen LogP contribution in [-0.2, 0) is 40.4 Å². The third-order valence-electron chi connectivity index (χ3n) is 5.49. The summed E-state index contributed by atoms with van der Waals surface area (Å²) in [5.74, 6) is -2.37. The number of carbonyl (C=O) groups excluding carboxylic acids is 4. The van der Waals surface area contributed by atoms with Crippen molar-refractivity contribution >= 4 is 33.7 Å². The van der Waals surface area contributed by atoms with Gasteiger partial charge in [-0.05, 0) is 37.0 Å². The van der Waals surface area contributed by atoms with Gasteiger partial charge in [-0.25, -0.2) is 13.6 Å². The maximum Gasteiger partial charge on any atom is 0.308 e. The van der Waals surface area contributed by atoms with Gasteiger partial charge in [-0.1, -0.05) is 24.3 Å². The van der Waals surface area contributed by atoms with Crippen molar-refractivity contribution in [3.8, 4) is 0 Å². The largest absolute Gasteiger partial charge is 0.456 e. The van der Waals surface area contributed by atoms with Crippen molar-refractivity contribution in [3.05, 3.63) is 42.0 Å². The molecule has 172 valence electrons. The lowest BCUT2D eigenvalue weighted by Gasteiger charge is -2.14. The fraction of sp³-hybridized carbons (Fsp3) is 0.429. The van der Waals surface area contributed by atoms with E-state index in [1.807, 2.05) is 12.2 Å². The first-order chi connectivity index (χ1) is 15.2. The summed E-state index contributed by atoms with van der Waals surface area (Å²) in [7, 11) is -3.75. The summed E-state index contributed by atoms with van der Waals surface area (Å²) < 4.78 is 27.4. The Balaban J connectivity index is 1.34. The van der Waals surface area contributed by atoms with Crippen LogP contribution in [0.5, 0.6) is 0 Å². The Morgan fingerprint density at radius 2 is 1.66 bits per heavy atom. The molecular weight excluding hydrogens is 438 g/mol. The Bertz CT molecular complexity index is 1010. The van der Waals surface area contributed by atoms with Gasteiger partial charge in [0, 0.05) is 13.1 Å². The monoisotopic (exact) mass is 463 g/mol. The van der Waals surface area contributed by atoms with E-state index >= 15 is 0 Å². The number of amides is 3. The van der Waals surface area contributed by atoms with Gasteiger partial charge in [0.2, 0.25) is 21.8 Å².